The van der Waals surface area contributed by atoms with Gasteiger partial charge in [0, 0.05) is 21.4 Å². The Kier molecular flexibility index (Phi) is 4.59. The molecule has 0 radical (unpaired) electrons. The fraction of sp³-hybridized carbons (Fsp3) is 0.0667. The molecule has 0 bridgehead atoms. The van der Waals surface area contributed by atoms with E-state index in [9.17, 15) is 9.59 Å². The van der Waals surface area contributed by atoms with Crippen molar-refractivity contribution in [3.05, 3.63) is 58.1 Å². The van der Waals surface area contributed by atoms with Crippen LogP contribution in [0.2, 0.25) is 0 Å². The Morgan fingerprint density at radius 2 is 1.76 bits per heavy atom. The summed E-state index contributed by atoms with van der Waals surface area (Å²) in [6, 6.07) is 11.9. The highest BCUT2D eigenvalue weighted by Gasteiger charge is 2.08. The second kappa shape index (κ2) is 6.41. The van der Waals surface area contributed by atoms with E-state index in [1.165, 1.54) is 0 Å². The molecule has 2 rings (SSSR count). The van der Waals surface area contributed by atoms with E-state index in [2.05, 4.69) is 21.2 Å². The third-order valence-electron chi connectivity index (χ3n) is 2.77. The molecule has 0 atom stereocenters. The maximum absolute atomic E-state index is 12.1. The molecule has 0 aliphatic heterocycles. The normalized spacial score (nSPS) is 10.1. The zero-order valence-corrected chi connectivity index (χ0v) is 12.7. The average molecular weight is 348 g/mol. The predicted molar refractivity (Wildman–Crippen MR) is 85.8 cm³/mol. The summed E-state index contributed by atoms with van der Waals surface area (Å²) in [4.78, 5) is 22.9. The number of carbonyl (C=O) groups excluding carboxylic acids is 2. The third kappa shape index (κ3) is 4.32. The number of benzene rings is 2. The molecular weight excluding hydrogens is 334 g/mol. The van der Waals surface area contributed by atoms with E-state index in [0.717, 1.165) is 10.0 Å². The molecular formula is C15H14BrN3O2. The highest BCUT2D eigenvalue weighted by molar-refractivity contribution is 9.10. The van der Waals surface area contributed by atoms with E-state index < -0.39 is 5.91 Å². The zero-order valence-electron chi connectivity index (χ0n) is 11.1. The first-order valence-electron chi connectivity index (χ1n) is 6.19. The van der Waals surface area contributed by atoms with Crippen molar-refractivity contribution in [2.24, 2.45) is 5.73 Å². The topological polar surface area (TPSA) is 98.2 Å². The van der Waals surface area contributed by atoms with Gasteiger partial charge in [0.15, 0.2) is 0 Å². The first-order chi connectivity index (χ1) is 9.94. The second-order valence-electron chi connectivity index (χ2n) is 4.57. The number of halogens is 1. The molecule has 0 unspecified atom stereocenters. The van der Waals surface area contributed by atoms with Gasteiger partial charge in [-0.25, -0.2) is 0 Å². The third-order valence-corrected chi connectivity index (χ3v) is 3.23. The SMILES string of the molecule is NC(=O)Cc1ccc(NC(=O)c2cc(N)cc(Br)c2)cc1. The summed E-state index contributed by atoms with van der Waals surface area (Å²) in [5, 5.41) is 2.76. The summed E-state index contributed by atoms with van der Waals surface area (Å²) in [6.45, 7) is 0. The number of nitrogens with two attached hydrogens (primary N) is 2. The predicted octanol–water partition coefficient (Wildman–Crippen LogP) is 2.31. The van der Waals surface area contributed by atoms with Gasteiger partial charge >= 0.3 is 0 Å². The van der Waals surface area contributed by atoms with Gasteiger partial charge in [-0.3, -0.25) is 9.59 Å². The standard InChI is InChI=1S/C15H14BrN3O2/c16-11-6-10(7-12(17)8-11)15(21)19-13-3-1-9(2-4-13)5-14(18)20/h1-4,6-8H,5,17H2,(H2,18,20)(H,19,21). The minimum absolute atomic E-state index is 0.177. The van der Waals surface area contributed by atoms with Crippen molar-refractivity contribution in [1.82, 2.24) is 0 Å². The Bertz CT molecular complexity index is 664. The molecule has 0 aliphatic rings. The minimum Gasteiger partial charge on any atom is -0.399 e. The van der Waals surface area contributed by atoms with Crippen molar-refractivity contribution in [3.63, 3.8) is 0 Å². The van der Waals surface area contributed by atoms with Crippen molar-refractivity contribution >= 4 is 39.1 Å². The number of hydrogen-bond acceptors (Lipinski definition) is 3. The van der Waals surface area contributed by atoms with Gasteiger partial charge in [-0.2, -0.15) is 0 Å². The molecule has 21 heavy (non-hydrogen) atoms. The molecule has 2 aromatic carbocycles. The number of primary amides is 1. The number of anilines is 2. The largest absolute Gasteiger partial charge is 0.399 e. The van der Waals surface area contributed by atoms with E-state index in [-0.39, 0.29) is 12.3 Å². The molecule has 0 aliphatic carbocycles. The van der Waals surface area contributed by atoms with E-state index in [4.69, 9.17) is 11.5 Å². The number of nitrogen functional groups attached to an aromatic ring is 1. The molecule has 5 nitrogen and oxygen atoms in total. The van der Waals surface area contributed by atoms with Crippen LogP contribution >= 0.6 is 15.9 Å². The van der Waals surface area contributed by atoms with Gasteiger partial charge < -0.3 is 16.8 Å². The Morgan fingerprint density at radius 1 is 1.10 bits per heavy atom. The Hall–Kier alpha value is -2.34. The number of rotatable bonds is 4. The molecule has 2 amide bonds. The van der Waals surface area contributed by atoms with Crippen LogP contribution in [-0.4, -0.2) is 11.8 Å². The maximum atomic E-state index is 12.1. The van der Waals surface area contributed by atoms with Crippen LogP contribution in [0.4, 0.5) is 11.4 Å². The first-order valence-corrected chi connectivity index (χ1v) is 6.98. The summed E-state index contributed by atoms with van der Waals surface area (Å²) >= 11 is 3.30. The monoisotopic (exact) mass is 347 g/mol. The summed E-state index contributed by atoms with van der Waals surface area (Å²) < 4.78 is 0.740. The lowest BCUT2D eigenvalue weighted by Crippen LogP contribution is -2.14. The number of carbonyl (C=O) groups is 2. The molecule has 0 spiro atoms. The number of nitrogens with one attached hydrogen (secondary N) is 1. The summed E-state index contributed by atoms with van der Waals surface area (Å²) in [6.07, 6.45) is 0.177. The second-order valence-corrected chi connectivity index (χ2v) is 5.48. The van der Waals surface area contributed by atoms with Gasteiger partial charge in [-0.15, -0.1) is 0 Å². The summed E-state index contributed by atoms with van der Waals surface area (Å²) in [7, 11) is 0. The van der Waals surface area contributed by atoms with Crippen LogP contribution in [0.1, 0.15) is 15.9 Å². The molecule has 0 saturated carbocycles. The number of amides is 2. The zero-order chi connectivity index (χ0) is 15.4. The maximum Gasteiger partial charge on any atom is 0.255 e. The first kappa shape index (κ1) is 15.1. The van der Waals surface area contributed by atoms with Crippen LogP contribution in [0.25, 0.3) is 0 Å². The van der Waals surface area contributed by atoms with E-state index in [0.29, 0.717) is 16.9 Å². The van der Waals surface area contributed by atoms with E-state index in [1.54, 1.807) is 42.5 Å². The molecule has 6 heteroatoms. The Labute approximate surface area is 130 Å². The molecule has 0 aromatic heterocycles. The molecule has 5 N–H and O–H groups in total. The van der Waals surface area contributed by atoms with Crippen LogP contribution in [-0.2, 0) is 11.2 Å². The number of hydrogen-bond donors (Lipinski definition) is 3. The summed E-state index contributed by atoms with van der Waals surface area (Å²) in [5.74, 6) is -0.651. The van der Waals surface area contributed by atoms with Crippen LogP contribution in [0.15, 0.2) is 46.9 Å². The quantitative estimate of drug-likeness (QED) is 0.740. The van der Waals surface area contributed by atoms with E-state index >= 15 is 0 Å². The summed E-state index contributed by atoms with van der Waals surface area (Å²) in [5.41, 5.74) is 13.2. The highest BCUT2D eigenvalue weighted by Crippen LogP contribution is 2.19. The van der Waals surface area contributed by atoms with Gasteiger partial charge in [0.1, 0.15) is 0 Å². The lowest BCUT2D eigenvalue weighted by molar-refractivity contribution is -0.117. The van der Waals surface area contributed by atoms with Crippen LogP contribution in [0.5, 0.6) is 0 Å². The van der Waals surface area contributed by atoms with Crippen molar-refractivity contribution in [2.45, 2.75) is 6.42 Å². The van der Waals surface area contributed by atoms with Crippen LogP contribution in [0, 0.1) is 0 Å². The van der Waals surface area contributed by atoms with Crippen molar-refractivity contribution in [2.75, 3.05) is 11.1 Å². The lowest BCUT2D eigenvalue weighted by atomic mass is 10.1. The fourth-order valence-electron chi connectivity index (χ4n) is 1.85. The molecule has 2 aromatic rings. The van der Waals surface area contributed by atoms with Gasteiger partial charge in [-0.05, 0) is 35.9 Å². The van der Waals surface area contributed by atoms with Gasteiger partial charge in [0.25, 0.3) is 5.91 Å². The van der Waals surface area contributed by atoms with Crippen molar-refractivity contribution < 1.29 is 9.59 Å². The van der Waals surface area contributed by atoms with Crippen molar-refractivity contribution in [3.8, 4) is 0 Å². The molecule has 0 fully saturated rings. The fourth-order valence-corrected chi connectivity index (χ4v) is 2.36. The molecule has 0 heterocycles. The smallest absolute Gasteiger partial charge is 0.255 e. The Morgan fingerprint density at radius 3 is 2.33 bits per heavy atom. The Balaban J connectivity index is 2.10. The van der Waals surface area contributed by atoms with E-state index in [1.807, 2.05) is 0 Å². The average Bonchev–Trinajstić information content (AvgIpc) is 2.39. The van der Waals surface area contributed by atoms with Gasteiger partial charge in [0.2, 0.25) is 5.91 Å². The van der Waals surface area contributed by atoms with Gasteiger partial charge in [-0.1, -0.05) is 28.1 Å². The van der Waals surface area contributed by atoms with Crippen LogP contribution < -0.4 is 16.8 Å². The molecule has 0 saturated heterocycles. The lowest BCUT2D eigenvalue weighted by Gasteiger charge is -2.07. The minimum atomic E-state index is -0.392. The highest BCUT2D eigenvalue weighted by atomic mass is 79.9. The van der Waals surface area contributed by atoms with Crippen LogP contribution in [0.3, 0.4) is 0 Å². The van der Waals surface area contributed by atoms with Crippen molar-refractivity contribution in [1.29, 1.82) is 0 Å². The van der Waals surface area contributed by atoms with Gasteiger partial charge in [0.05, 0.1) is 6.42 Å². The molecule has 108 valence electrons.